The number of esters is 1. The van der Waals surface area contributed by atoms with Crippen LogP contribution in [0.2, 0.25) is 0 Å². The molecule has 3 heteroatoms. The molecule has 0 N–H and O–H groups in total. The van der Waals surface area contributed by atoms with E-state index in [9.17, 15) is 9.59 Å². The Morgan fingerprint density at radius 2 is 2.36 bits per heavy atom. The monoisotopic (exact) mass is 194 g/mol. The summed E-state index contributed by atoms with van der Waals surface area (Å²) in [6.07, 6.45) is 5.07. The molecule has 2 rings (SSSR count). The highest BCUT2D eigenvalue weighted by Crippen LogP contribution is 2.46. The van der Waals surface area contributed by atoms with E-state index in [4.69, 9.17) is 4.74 Å². The molecule has 0 aromatic carbocycles. The summed E-state index contributed by atoms with van der Waals surface area (Å²) in [7, 11) is 1.40. The van der Waals surface area contributed by atoms with E-state index in [1.54, 1.807) is 0 Å². The maximum Gasteiger partial charge on any atom is 0.315 e. The van der Waals surface area contributed by atoms with Crippen molar-refractivity contribution >= 4 is 11.8 Å². The maximum absolute atomic E-state index is 11.5. The molecule has 3 atom stereocenters. The van der Waals surface area contributed by atoms with Gasteiger partial charge in [0.05, 0.1) is 12.5 Å². The molecule has 0 spiro atoms. The average Bonchev–Trinajstić information content (AvgIpc) is 2.15. The lowest BCUT2D eigenvalue weighted by Gasteiger charge is -2.41. The summed E-state index contributed by atoms with van der Waals surface area (Å²) in [4.78, 5) is 22.6. The van der Waals surface area contributed by atoms with Gasteiger partial charge in [-0.1, -0.05) is 12.2 Å². The Labute approximate surface area is 83.1 Å². The van der Waals surface area contributed by atoms with E-state index < -0.39 is 5.41 Å². The number of rotatable bonds is 1. The van der Waals surface area contributed by atoms with Crippen LogP contribution in [0.3, 0.4) is 0 Å². The Morgan fingerprint density at radius 1 is 1.64 bits per heavy atom. The first-order valence-corrected chi connectivity index (χ1v) is 4.87. The molecule has 76 valence electrons. The standard InChI is InChI=1S/C11H14O3/c1-11(10(13)14-2)4-3-8-7(6-11)5-9(8)12/h3-4,7-8H,5-6H2,1-2H3/t7?,8-,11-/m1/s1. The first-order valence-electron chi connectivity index (χ1n) is 4.87. The van der Waals surface area contributed by atoms with Gasteiger partial charge in [0.2, 0.25) is 0 Å². The van der Waals surface area contributed by atoms with E-state index in [-0.39, 0.29) is 11.9 Å². The van der Waals surface area contributed by atoms with Crippen LogP contribution in [0.5, 0.6) is 0 Å². The van der Waals surface area contributed by atoms with Crippen molar-refractivity contribution in [1.82, 2.24) is 0 Å². The zero-order valence-electron chi connectivity index (χ0n) is 8.45. The van der Waals surface area contributed by atoms with Gasteiger partial charge in [0.25, 0.3) is 0 Å². The number of methoxy groups -OCH3 is 1. The minimum absolute atomic E-state index is 0.0766. The van der Waals surface area contributed by atoms with Gasteiger partial charge in [-0.3, -0.25) is 9.59 Å². The van der Waals surface area contributed by atoms with Gasteiger partial charge in [-0.25, -0.2) is 0 Å². The summed E-state index contributed by atoms with van der Waals surface area (Å²) in [6, 6.07) is 0. The van der Waals surface area contributed by atoms with E-state index in [0.717, 1.165) is 6.42 Å². The van der Waals surface area contributed by atoms with Crippen molar-refractivity contribution in [2.75, 3.05) is 7.11 Å². The highest BCUT2D eigenvalue weighted by Gasteiger charge is 2.47. The number of ether oxygens (including phenoxy) is 1. The van der Waals surface area contributed by atoms with E-state index >= 15 is 0 Å². The van der Waals surface area contributed by atoms with Gasteiger partial charge in [0, 0.05) is 12.3 Å². The molecule has 14 heavy (non-hydrogen) atoms. The molecule has 3 nitrogen and oxygen atoms in total. The predicted octanol–water partition coefficient (Wildman–Crippen LogP) is 1.33. The smallest absolute Gasteiger partial charge is 0.315 e. The van der Waals surface area contributed by atoms with Gasteiger partial charge >= 0.3 is 5.97 Å². The SMILES string of the molecule is COC(=O)[C@]1(C)C=C[C@H]2C(=O)CC2C1. The van der Waals surface area contributed by atoms with E-state index in [1.807, 2.05) is 19.1 Å². The van der Waals surface area contributed by atoms with Crippen molar-refractivity contribution in [3.63, 3.8) is 0 Å². The van der Waals surface area contributed by atoms with Crippen LogP contribution in [0, 0.1) is 17.3 Å². The van der Waals surface area contributed by atoms with Crippen LogP contribution < -0.4 is 0 Å². The molecule has 0 heterocycles. The second-order valence-electron chi connectivity index (χ2n) is 4.43. The average molecular weight is 194 g/mol. The van der Waals surface area contributed by atoms with Gasteiger partial charge in [0.15, 0.2) is 0 Å². The van der Waals surface area contributed by atoms with Crippen molar-refractivity contribution in [2.45, 2.75) is 19.8 Å². The lowest BCUT2D eigenvalue weighted by Crippen LogP contribution is -2.44. The third kappa shape index (κ3) is 1.19. The minimum atomic E-state index is -0.517. The van der Waals surface area contributed by atoms with Crippen molar-refractivity contribution in [2.24, 2.45) is 17.3 Å². The number of Topliss-reactive ketones (excluding diaryl/α,β-unsaturated/α-hetero) is 1. The van der Waals surface area contributed by atoms with Gasteiger partial charge < -0.3 is 4.74 Å². The molecular formula is C11H14O3. The Hall–Kier alpha value is -1.12. The molecule has 0 aromatic rings. The maximum atomic E-state index is 11.5. The van der Waals surface area contributed by atoms with Crippen LogP contribution in [-0.2, 0) is 14.3 Å². The third-order valence-electron chi connectivity index (χ3n) is 3.35. The number of fused-ring (bicyclic) bond motifs is 1. The highest BCUT2D eigenvalue weighted by atomic mass is 16.5. The molecule has 0 amide bonds. The van der Waals surface area contributed by atoms with Gasteiger partial charge in [-0.15, -0.1) is 0 Å². The van der Waals surface area contributed by atoms with E-state index in [2.05, 4.69) is 0 Å². The number of hydrogen-bond donors (Lipinski definition) is 0. The quantitative estimate of drug-likeness (QED) is 0.467. The minimum Gasteiger partial charge on any atom is -0.468 e. The van der Waals surface area contributed by atoms with Crippen molar-refractivity contribution in [3.8, 4) is 0 Å². The number of carbonyl (C=O) groups is 2. The summed E-state index contributed by atoms with van der Waals surface area (Å²) in [6.45, 7) is 1.87. The lowest BCUT2D eigenvalue weighted by molar-refractivity contribution is -0.152. The summed E-state index contributed by atoms with van der Waals surface area (Å²) in [5.74, 6) is 0.536. The molecule has 1 fully saturated rings. The zero-order valence-corrected chi connectivity index (χ0v) is 8.45. The number of carbonyl (C=O) groups excluding carboxylic acids is 2. The Balaban J connectivity index is 2.18. The summed E-state index contributed by atoms with van der Waals surface area (Å²) in [5, 5.41) is 0. The van der Waals surface area contributed by atoms with Crippen LogP contribution in [-0.4, -0.2) is 18.9 Å². The number of allylic oxidation sites excluding steroid dienone is 1. The number of hydrogen-bond acceptors (Lipinski definition) is 3. The van der Waals surface area contributed by atoms with Crippen molar-refractivity contribution in [1.29, 1.82) is 0 Å². The normalized spacial score (nSPS) is 40.0. The lowest BCUT2D eigenvalue weighted by atomic mass is 9.61. The predicted molar refractivity (Wildman–Crippen MR) is 50.5 cm³/mol. The fourth-order valence-corrected chi connectivity index (χ4v) is 2.40. The first-order chi connectivity index (χ1) is 6.57. The van der Waals surface area contributed by atoms with Gasteiger partial charge in [-0.2, -0.15) is 0 Å². The molecule has 1 saturated carbocycles. The molecule has 2 aliphatic carbocycles. The molecule has 0 radical (unpaired) electrons. The molecule has 2 aliphatic rings. The molecule has 0 saturated heterocycles. The van der Waals surface area contributed by atoms with E-state index in [0.29, 0.717) is 18.1 Å². The van der Waals surface area contributed by atoms with Gasteiger partial charge in [0.1, 0.15) is 5.78 Å². The molecular weight excluding hydrogens is 180 g/mol. The molecule has 0 aliphatic heterocycles. The van der Waals surface area contributed by atoms with Crippen molar-refractivity contribution < 1.29 is 14.3 Å². The highest BCUT2D eigenvalue weighted by molar-refractivity contribution is 5.90. The van der Waals surface area contributed by atoms with Crippen LogP contribution in [0.15, 0.2) is 12.2 Å². The Morgan fingerprint density at radius 3 is 2.86 bits per heavy atom. The largest absolute Gasteiger partial charge is 0.468 e. The third-order valence-corrected chi connectivity index (χ3v) is 3.35. The van der Waals surface area contributed by atoms with Crippen molar-refractivity contribution in [3.05, 3.63) is 12.2 Å². The van der Waals surface area contributed by atoms with Gasteiger partial charge in [-0.05, 0) is 19.3 Å². The first kappa shape index (κ1) is 9.44. The summed E-state index contributed by atoms with van der Waals surface area (Å²) >= 11 is 0. The summed E-state index contributed by atoms with van der Waals surface area (Å²) < 4.78 is 4.75. The zero-order chi connectivity index (χ0) is 10.3. The topological polar surface area (TPSA) is 43.4 Å². The molecule has 0 bridgehead atoms. The fourth-order valence-electron chi connectivity index (χ4n) is 2.40. The molecule has 1 unspecified atom stereocenters. The summed E-state index contributed by atoms with van der Waals surface area (Å²) in [5.41, 5.74) is -0.517. The van der Waals surface area contributed by atoms with Crippen LogP contribution in [0.1, 0.15) is 19.8 Å². The number of ketones is 1. The molecule has 0 aromatic heterocycles. The van der Waals surface area contributed by atoms with Crippen LogP contribution in [0.4, 0.5) is 0 Å². The second-order valence-corrected chi connectivity index (χ2v) is 4.43. The van der Waals surface area contributed by atoms with E-state index in [1.165, 1.54) is 7.11 Å². The Bertz CT molecular complexity index is 318. The van der Waals surface area contributed by atoms with Crippen LogP contribution in [0.25, 0.3) is 0 Å². The van der Waals surface area contributed by atoms with Crippen LogP contribution >= 0.6 is 0 Å². The fraction of sp³-hybridized carbons (Fsp3) is 0.636. The Kier molecular flexibility index (Phi) is 1.98. The second kappa shape index (κ2) is 2.94.